The van der Waals surface area contributed by atoms with Crippen LogP contribution in [0.2, 0.25) is 0 Å². The van der Waals surface area contributed by atoms with Crippen molar-refractivity contribution in [2.24, 2.45) is 0 Å². The minimum Gasteiger partial charge on any atom is -0.435 e. The molecule has 0 spiro atoms. The van der Waals surface area contributed by atoms with E-state index in [9.17, 15) is 4.79 Å². The Morgan fingerprint density at radius 1 is 1.12 bits per heavy atom. The lowest BCUT2D eigenvalue weighted by molar-refractivity contribution is 0.0564. The molecule has 0 atom stereocenters. The second kappa shape index (κ2) is 10.7. The summed E-state index contributed by atoms with van der Waals surface area (Å²) in [6, 6.07) is 0. The Kier molecular flexibility index (Phi) is 10.2. The Morgan fingerprint density at radius 3 is 2.31 bits per heavy atom. The van der Waals surface area contributed by atoms with E-state index in [0.717, 1.165) is 32.5 Å². The molecule has 0 aromatic carbocycles. The molecule has 0 aliphatic carbocycles. The fourth-order valence-corrected chi connectivity index (χ4v) is 1.24. The number of ether oxygens (including phenoxy) is 3. The fourth-order valence-electron chi connectivity index (χ4n) is 1.24. The fraction of sp³-hybridized carbons (Fsp3) is 0.909. The molecule has 0 saturated heterocycles. The number of carbonyl (C=O) groups is 1. The third-order valence-electron chi connectivity index (χ3n) is 2.05. The van der Waals surface area contributed by atoms with Gasteiger partial charge in [-0.15, -0.1) is 0 Å². The molecule has 0 saturated carbocycles. The van der Waals surface area contributed by atoms with Crippen LogP contribution in [-0.2, 0) is 14.2 Å². The lowest BCUT2D eigenvalue weighted by Crippen LogP contribution is -2.23. The molecule has 0 amide bonds. The van der Waals surface area contributed by atoms with Gasteiger partial charge in [0.2, 0.25) is 0 Å². The quantitative estimate of drug-likeness (QED) is 0.446. The zero-order valence-corrected chi connectivity index (χ0v) is 10.5. The smallest absolute Gasteiger partial charge is 0.435 e. The highest BCUT2D eigenvalue weighted by Crippen LogP contribution is 1.93. The van der Waals surface area contributed by atoms with Crippen LogP contribution in [-0.4, -0.2) is 58.1 Å². The first-order valence-corrected chi connectivity index (χ1v) is 5.67. The number of hydrogen-bond donors (Lipinski definition) is 0. The normalized spacial score (nSPS) is 10.5. The van der Waals surface area contributed by atoms with Gasteiger partial charge in [-0.05, 0) is 26.8 Å². The van der Waals surface area contributed by atoms with Crippen molar-refractivity contribution >= 4 is 6.16 Å². The maximum absolute atomic E-state index is 10.8. The topological polar surface area (TPSA) is 48.0 Å². The molecule has 5 nitrogen and oxygen atoms in total. The number of methoxy groups -OCH3 is 1. The average molecular weight is 233 g/mol. The molecule has 0 fully saturated rings. The first-order chi connectivity index (χ1) is 7.70. The van der Waals surface area contributed by atoms with E-state index in [0.29, 0.717) is 13.2 Å². The first-order valence-electron chi connectivity index (χ1n) is 5.67. The minimum atomic E-state index is -0.579. The van der Waals surface area contributed by atoms with Crippen LogP contribution < -0.4 is 0 Å². The third kappa shape index (κ3) is 9.73. The van der Waals surface area contributed by atoms with Gasteiger partial charge in [0, 0.05) is 26.8 Å². The average Bonchev–Trinajstić information content (AvgIpc) is 2.25. The van der Waals surface area contributed by atoms with Crippen molar-refractivity contribution in [3.05, 3.63) is 0 Å². The predicted molar refractivity (Wildman–Crippen MR) is 61.6 cm³/mol. The van der Waals surface area contributed by atoms with Crippen molar-refractivity contribution in [1.29, 1.82) is 0 Å². The molecule has 0 N–H and O–H groups in total. The largest absolute Gasteiger partial charge is 0.508 e. The van der Waals surface area contributed by atoms with E-state index in [-0.39, 0.29) is 0 Å². The molecule has 96 valence electrons. The molecular weight excluding hydrogens is 210 g/mol. The predicted octanol–water partition coefficient (Wildman–Crippen LogP) is 1.52. The van der Waals surface area contributed by atoms with Crippen molar-refractivity contribution < 1.29 is 19.0 Å². The van der Waals surface area contributed by atoms with Gasteiger partial charge in [0.1, 0.15) is 0 Å². The Balaban J connectivity index is 3.26. The van der Waals surface area contributed by atoms with E-state index in [2.05, 4.69) is 9.64 Å². The lowest BCUT2D eigenvalue weighted by atomic mass is 10.3. The molecule has 0 aromatic rings. The highest BCUT2D eigenvalue weighted by Gasteiger charge is 2.02. The van der Waals surface area contributed by atoms with Gasteiger partial charge in [0.05, 0.1) is 13.2 Å². The van der Waals surface area contributed by atoms with E-state index in [4.69, 9.17) is 9.47 Å². The number of carbonyl (C=O) groups excluding carboxylic acids is 1. The summed E-state index contributed by atoms with van der Waals surface area (Å²) in [5.41, 5.74) is 0. The molecule has 0 aliphatic heterocycles. The summed E-state index contributed by atoms with van der Waals surface area (Å²) in [6.07, 6.45) is 1.26. The molecule has 0 unspecified atom stereocenters. The van der Waals surface area contributed by atoms with E-state index < -0.39 is 6.16 Å². The van der Waals surface area contributed by atoms with Crippen LogP contribution in [0.5, 0.6) is 0 Å². The van der Waals surface area contributed by atoms with Crippen molar-refractivity contribution in [1.82, 2.24) is 4.90 Å². The van der Waals surface area contributed by atoms with Gasteiger partial charge in [-0.2, -0.15) is 0 Å². The van der Waals surface area contributed by atoms with Crippen LogP contribution in [0, 0.1) is 0 Å². The molecule has 0 heterocycles. The van der Waals surface area contributed by atoms with Crippen molar-refractivity contribution in [2.75, 3.05) is 47.1 Å². The number of hydrogen-bond acceptors (Lipinski definition) is 5. The minimum absolute atomic E-state index is 0.357. The van der Waals surface area contributed by atoms with Crippen molar-refractivity contribution in [3.8, 4) is 0 Å². The van der Waals surface area contributed by atoms with Gasteiger partial charge < -0.3 is 19.1 Å². The maximum atomic E-state index is 10.8. The summed E-state index contributed by atoms with van der Waals surface area (Å²) in [5.74, 6) is 0. The van der Waals surface area contributed by atoms with Crippen LogP contribution in [0.25, 0.3) is 0 Å². The Bertz CT molecular complexity index is 175. The van der Waals surface area contributed by atoms with Crippen molar-refractivity contribution in [2.45, 2.75) is 19.8 Å². The number of rotatable bonds is 9. The zero-order valence-electron chi connectivity index (χ0n) is 10.5. The zero-order chi connectivity index (χ0) is 12.2. The van der Waals surface area contributed by atoms with Gasteiger partial charge in [-0.3, -0.25) is 0 Å². The van der Waals surface area contributed by atoms with E-state index in [1.165, 1.54) is 0 Å². The van der Waals surface area contributed by atoms with Crippen LogP contribution in [0.3, 0.4) is 0 Å². The second-order valence-corrected chi connectivity index (χ2v) is 3.53. The van der Waals surface area contributed by atoms with Crippen LogP contribution in [0.1, 0.15) is 19.8 Å². The molecule has 5 heteroatoms. The van der Waals surface area contributed by atoms with Crippen molar-refractivity contribution in [3.63, 3.8) is 0 Å². The summed E-state index contributed by atoms with van der Waals surface area (Å²) in [6.45, 7) is 5.20. The Morgan fingerprint density at radius 2 is 1.75 bits per heavy atom. The standard InChI is InChI=1S/C11H23NO4/c1-4-15-11(13)16-10-6-8-12(2)7-5-9-14-3/h4-10H2,1-3H3. The monoisotopic (exact) mass is 233 g/mol. The van der Waals surface area contributed by atoms with Gasteiger partial charge in [0.25, 0.3) is 0 Å². The summed E-state index contributed by atoms with van der Waals surface area (Å²) in [4.78, 5) is 13.0. The molecule has 0 aromatic heterocycles. The van der Waals surface area contributed by atoms with Crippen LogP contribution in [0.15, 0.2) is 0 Å². The Hall–Kier alpha value is -0.810. The SMILES string of the molecule is CCOC(=O)OCCCN(C)CCCOC. The van der Waals surface area contributed by atoms with Gasteiger partial charge in [-0.25, -0.2) is 4.79 Å². The molecule has 0 aliphatic rings. The van der Waals surface area contributed by atoms with Gasteiger partial charge in [0.15, 0.2) is 0 Å². The second-order valence-electron chi connectivity index (χ2n) is 3.53. The van der Waals surface area contributed by atoms with E-state index in [1.54, 1.807) is 14.0 Å². The molecule has 0 radical (unpaired) electrons. The lowest BCUT2D eigenvalue weighted by Gasteiger charge is -2.15. The van der Waals surface area contributed by atoms with Crippen LogP contribution >= 0.6 is 0 Å². The molecular formula is C11H23NO4. The first kappa shape index (κ1) is 15.2. The molecule has 0 rings (SSSR count). The maximum Gasteiger partial charge on any atom is 0.508 e. The van der Waals surface area contributed by atoms with Crippen LogP contribution in [0.4, 0.5) is 4.79 Å². The Labute approximate surface area is 97.7 Å². The molecule has 16 heavy (non-hydrogen) atoms. The highest BCUT2D eigenvalue weighted by molar-refractivity contribution is 5.59. The summed E-state index contributed by atoms with van der Waals surface area (Å²) < 4.78 is 14.4. The van der Waals surface area contributed by atoms with E-state index >= 15 is 0 Å². The number of nitrogens with zero attached hydrogens (tertiary/aromatic N) is 1. The molecule has 0 bridgehead atoms. The van der Waals surface area contributed by atoms with Gasteiger partial charge in [-0.1, -0.05) is 0 Å². The summed E-state index contributed by atoms with van der Waals surface area (Å²) in [5, 5.41) is 0. The highest BCUT2D eigenvalue weighted by atomic mass is 16.7. The third-order valence-corrected chi connectivity index (χ3v) is 2.05. The summed E-state index contributed by atoms with van der Waals surface area (Å²) in [7, 11) is 3.74. The van der Waals surface area contributed by atoms with Gasteiger partial charge >= 0.3 is 6.16 Å². The summed E-state index contributed by atoms with van der Waals surface area (Å²) >= 11 is 0. The van der Waals surface area contributed by atoms with E-state index in [1.807, 2.05) is 7.05 Å².